The molecule has 0 bridgehead atoms. The van der Waals surface area contributed by atoms with E-state index >= 15 is 0 Å². The molecule has 0 spiro atoms. The number of aromatic hydroxyl groups is 1. The van der Waals surface area contributed by atoms with E-state index in [0.717, 1.165) is 74.5 Å². The summed E-state index contributed by atoms with van der Waals surface area (Å²) in [6, 6.07) is 4.15. The number of hydrogen-bond acceptors (Lipinski definition) is 2. The minimum atomic E-state index is -0.677. The zero-order valence-corrected chi connectivity index (χ0v) is 25.5. The first-order chi connectivity index (χ1) is 18.5. The van der Waals surface area contributed by atoms with Gasteiger partial charge in [0.1, 0.15) is 5.75 Å². The van der Waals surface area contributed by atoms with Gasteiger partial charge in [-0.15, -0.1) is 0 Å². The first-order valence-corrected chi connectivity index (χ1v) is 16.6. The van der Waals surface area contributed by atoms with Gasteiger partial charge in [0.2, 0.25) is 0 Å². The number of phenolic OH excluding ortho intramolecular Hbond substituents is 1. The smallest absolute Gasteiger partial charge is 0.306 e. The molecule has 1 rings (SSSR count). The molecule has 1 unspecified atom stereocenters. The van der Waals surface area contributed by atoms with Crippen molar-refractivity contribution in [3.05, 3.63) is 28.8 Å². The van der Waals surface area contributed by atoms with Gasteiger partial charge in [-0.25, -0.2) is 0 Å². The third kappa shape index (κ3) is 16.5. The predicted molar refractivity (Wildman–Crippen MR) is 164 cm³/mol. The van der Waals surface area contributed by atoms with Gasteiger partial charge in [0.25, 0.3) is 0 Å². The minimum absolute atomic E-state index is 0.329. The summed E-state index contributed by atoms with van der Waals surface area (Å²) in [6.45, 7) is 6.61. The van der Waals surface area contributed by atoms with Gasteiger partial charge in [-0.1, -0.05) is 148 Å². The van der Waals surface area contributed by atoms with Gasteiger partial charge in [0.15, 0.2) is 0 Å². The van der Waals surface area contributed by atoms with Crippen molar-refractivity contribution in [1.82, 2.24) is 0 Å². The largest absolute Gasteiger partial charge is 0.507 e. The lowest BCUT2D eigenvalue weighted by Gasteiger charge is -2.16. The zero-order chi connectivity index (χ0) is 27.8. The van der Waals surface area contributed by atoms with E-state index < -0.39 is 5.97 Å². The molecule has 3 nitrogen and oxygen atoms in total. The molecule has 0 aliphatic heterocycles. The van der Waals surface area contributed by atoms with Crippen molar-refractivity contribution < 1.29 is 15.0 Å². The number of carbonyl (C=O) groups is 1. The van der Waals surface area contributed by atoms with Crippen molar-refractivity contribution in [2.75, 3.05) is 0 Å². The molecule has 1 aromatic carbocycles. The molecule has 0 amide bonds. The summed E-state index contributed by atoms with van der Waals surface area (Å²) in [5.74, 6) is -0.561. The quantitative estimate of drug-likeness (QED) is 0.117. The molecule has 38 heavy (non-hydrogen) atoms. The van der Waals surface area contributed by atoms with Crippen LogP contribution in [0.2, 0.25) is 0 Å². The van der Waals surface area contributed by atoms with E-state index in [9.17, 15) is 15.0 Å². The van der Waals surface area contributed by atoms with Crippen molar-refractivity contribution in [2.45, 2.75) is 175 Å². The van der Waals surface area contributed by atoms with E-state index in [0.29, 0.717) is 12.2 Å². The number of rotatable bonds is 26. The Morgan fingerprint density at radius 2 is 0.974 bits per heavy atom. The first kappa shape index (κ1) is 34.5. The molecular weight excluding hydrogens is 468 g/mol. The maximum Gasteiger partial charge on any atom is 0.306 e. The zero-order valence-electron chi connectivity index (χ0n) is 25.5. The summed E-state index contributed by atoms with van der Waals surface area (Å²) in [5.41, 5.74) is 3.09. The summed E-state index contributed by atoms with van der Waals surface area (Å²) in [7, 11) is 0. The Balaban J connectivity index is 2.28. The Morgan fingerprint density at radius 3 is 1.34 bits per heavy atom. The topological polar surface area (TPSA) is 57.5 Å². The van der Waals surface area contributed by atoms with Crippen LogP contribution in [0.1, 0.15) is 172 Å². The summed E-state index contributed by atoms with van der Waals surface area (Å²) in [6.07, 6.45) is 28.7. The monoisotopic (exact) mass is 530 g/mol. The van der Waals surface area contributed by atoms with E-state index in [4.69, 9.17) is 0 Å². The molecule has 1 aromatic rings. The van der Waals surface area contributed by atoms with Crippen LogP contribution in [0.4, 0.5) is 0 Å². The van der Waals surface area contributed by atoms with E-state index in [1.807, 2.05) is 0 Å². The Morgan fingerprint density at radius 1 is 0.605 bits per heavy atom. The van der Waals surface area contributed by atoms with Crippen molar-refractivity contribution >= 4 is 5.97 Å². The number of carboxylic acids is 1. The number of aliphatic carboxylic acids is 1. The molecule has 0 radical (unpaired) electrons. The molecule has 0 saturated heterocycles. The van der Waals surface area contributed by atoms with Crippen LogP contribution in [-0.4, -0.2) is 16.2 Å². The second-order valence-corrected chi connectivity index (χ2v) is 11.8. The lowest BCUT2D eigenvalue weighted by atomic mass is 9.89. The van der Waals surface area contributed by atoms with Crippen LogP contribution in [-0.2, 0) is 24.1 Å². The lowest BCUT2D eigenvalue weighted by molar-refractivity contribution is -0.142. The fourth-order valence-electron chi connectivity index (χ4n) is 5.60. The van der Waals surface area contributed by atoms with Gasteiger partial charge in [0, 0.05) is 0 Å². The highest BCUT2D eigenvalue weighted by atomic mass is 16.4. The van der Waals surface area contributed by atoms with Crippen molar-refractivity contribution in [3.8, 4) is 5.75 Å². The highest BCUT2D eigenvalue weighted by molar-refractivity contribution is 5.70. The van der Waals surface area contributed by atoms with Gasteiger partial charge in [-0.2, -0.15) is 0 Å². The summed E-state index contributed by atoms with van der Waals surface area (Å²) in [4.78, 5) is 12.0. The Labute approximate surface area is 236 Å². The normalized spacial score (nSPS) is 12.2. The molecule has 0 saturated carbocycles. The van der Waals surface area contributed by atoms with E-state index in [1.54, 1.807) is 0 Å². The molecule has 0 aliphatic carbocycles. The van der Waals surface area contributed by atoms with Crippen LogP contribution in [0, 0.1) is 5.92 Å². The Hall–Kier alpha value is -1.51. The standard InChI is InChI=1S/C35H62O3/c1-4-7-10-11-12-13-14-15-16-17-18-19-20-21-22-23-26-33(35(37)38)29-30-27-31(24-8-5-2)34(36)32(28-30)25-9-6-3/h27-28,33,36H,4-26,29H2,1-3H3,(H,37,38). The third-order valence-electron chi connectivity index (χ3n) is 8.16. The average molecular weight is 531 g/mol. The highest BCUT2D eigenvalue weighted by Gasteiger charge is 2.19. The molecule has 220 valence electrons. The average Bonchev–Trinajstić information content (AvgIpc) is 2.91. The maximum atomic E-state index is 12.0. The molecule has 0 aromatic heterocycles. The number of carboxylic acid groups (broad SMARTS) is 1. The molecule has 3 heteroatoms. The minimum Gasteiger partial charge on any atom is -0.507 e. The van der Waals surface area contributed by atoms with Crippen LogP contribution in [0.3, 0.4) is 0 Å². The Kier molecular flexibility index (Phi) is 21.2. The Bertz CT molecular complexity index is 682. The SMILES string of the molecule is CCCCCCCCCCCCCCCCCCC(Cc1cc(CCCC)c(O)c(CCCC)c1)C(=O)O. The van der Waals surface area contributed by atoms with Gasteiger partial charge in [0.05, 0.1) is 5.92 Å². The van der Waals surface area contributed by atoms with E-state index in [2.05, 4.69) is 32.9 Å². The molecule has 0 aliphatic rings. The maximum absolute atomic E-state index is 12.0. The molecule has 0 heterocycles. The fourth-order valence-corrected chi connectivity index (χ4v) is 5.60. The molecule has 0 fully saturated rings. The van der Waals surface area contributed by atoms with E-state index in [-0.39, 0.29) is 5.92 Å². The van der Waals surface area contributed by atoms with Crippen LogP contribution < -0.4 is 0 Å². The molecular formula is C35H62O3. The number of phenols is 1. The summed E-state index contributed by atoms with van der Waals surface area (Å²) in [5, 5.41) is 20.6. The second-order valence-electron chi connectivity index (χ2n) is 11.8. The molecule has 2 N–H and O–H groups in total. The lowest BCUT2D eigenvalue weighted by Crippen LogP contribution is -2.17. The van der Waals surface area contributed by atoms with Crippen LogP contribution in [0.15, 0.2) is 12.1 Å². The van der Waals surface area contributed by atoms with Crippen molar-refractivity contribution in [2.24, 2.45) is 5.92 Å². The first-order valence-electron chi connectivity index (χ1n) is 16.6. The van der Waals surface area contributed by atoms with Crippen LogP contribution >= 0.6 is 0 Å². The van der Waals surface area contributed by atoms with Crippen molar-refractivity contribution in [1.29, 1.82) is 0 Å². The summed E-state index contributed by atoms with van der Waals surface area (Å²) < 4.78 is 0. The predicted octanol–water partition coefficient (Wildman–Crippen LogP) is 11.0. The van der Waals surface area contributed by atoms with Crippen LogP contribution in [0.5, 0.6) is 5.75 Å². The third-order valence-corrected chi connectivity index (χ3v) is 8.16. The van der Waals surface area contributed by atoms with E-state index in [1.165, 1.54) is 89.9 Å². The van der Waals surface area contributed by atoms with Crippen molar-refractivity contribution in [3.63, 3.8) is 0 Å². The second kappa shape index (κ2) is 23.4. The highest BCUT2D eigenvalue weighted by Crippen LogP contribution is 2.30. The molecule has 1 atom stereocenters. The van der Waals surface area contributed by atoms with Gasteiger partial charge in [-0.05, 0) is 55.2 Å². The number of hydrogen-bond donors (Lipinski definition) is 2. The van der Waals surface area contributed by atoms with Gasteiger partial charge in [-0.3, -0.25) is 4.79 Å². The van der Waals surface area contributed by atoms with Crippen LogP contribution in [0.25, 0.3) is 0 Å². The number of benzene rings is 1. The number of aryl methyl sites for hydroxylation is 2. The number of unbranched alkanes of at least 4 members (excludes halogenated alkanes) is 17. The fraction of sp³-hybridized carbons (Fsp3) is 0.800. The van der Waals surface area contributed by atoms with Gasteiger partial charge < -0.3 is 10.2 Å². The van der Waals surface area contributed by atoms with Gasteiger partial charge >= 0.3 is 5.97 Å². The summed E-state index contributed by atoms with van der Waals surface area (Å²) >= 11 is 0.